The molecular formula is C12H16ClN3. The summed E-state index contributed by atoms with van der Waals surface area (Å²) >= 11 is 5.94. The van der Waals surface area contributed by atoms with Crippen molar-refractivity contribution >= 4 is 17.3 Å². The fourth-order valence-electron chi connectivity index (χ4n) is 2.78. The van der Waals surface area contributed by atoms with Crippen LogP contribution in [0, 0.1) is 18.8 Å². The molecule has 86 valence electrons. The van der Waals surface area contributed by atoms with Crippen LogP contribution in [0.5, 0.6) is 0 Å². The summed E-state index contributed by atoms with van der Waals surface area (Å²) in [4.78, 5) is 6.66. The van der Waals surface area contributed by atoms with Crippen LogP contribution in [-0.2, 0) is 0 Å². The zero-order valence-corrected chi connectivity index (χ0v) is 10.2. The van der Waals surface area contributed by atoms with Crippen molar-refractivity contribution in [2.75, 3.05) is 31.1 Å². The minimum Gasteiger partial charge on any atom is -0.370 e. The molecule has 3 nitrogen and oxygen atoms in total. The number of fused-ring (bicyclic) bond motifs is 1. The van der Waals surface area contributed by atoms with Gasteiger partial charge in [0, 0.05) is 26.2 Å². The van der Waals surface area contributed by atoms with Gasteiger partial charge in [-0.15, -0.1) is 0 Å². The third-order valence-corrected chi connectivity index (χ3v) is 4.15. The molecule has 1 aromatic heterocycles. The summed E-state index contributed by atoms with van der Waals surface area (Å²) in [5.74, 6) is 1.63. The number of hydrogen-bond donors (Lipinski definition) is 1. The molecule has 3 heterocycles. The van der Waals surface area contributed by atoms with Crippen LogP contribution in [0.3, 0.4) is 0 Å². The molecule has 2 unspecified atom stereocenters. The number of anilines is 1. The summed E-state index contributed by atoms with van der Waals surface area (Å²) in [6.07, 6.45) is 1.89. The molecule has 3 rings (SSSR count). The first kappa shape index (κ1) is 10.4. The molecule has 4 heteroatoms. The lowest BCUT2D eigenvalue weighted by atomic mass is 10.0. The molecule has 2 aliphatic heterocycles. The average molecular weight is 238 g/mol. The Bertz CT molecular complexity index is 395. The van der Waals surface area contributed by atoms with E-state index in [1.807, 2.05) is 13.1 Å². The average Bonchev–Trinajstić information content (AvgIpc) is 2.81. The molecule has 2 atom stereocenters. The summed E-state index contributed by atoms with van der Waals surface area (Å²) in [6, 6.07) is 2.14. The Balaban J connectivity index is 1.81. The van der Waals surface area contributed by atoms with Crippen molar-refractivity contribution in [3.8, 4) is 0 Å². The minimum absolute atomic E-state index is 0.616. The van der Waals surface area contributed by atoms with E-state index in [4.69, 9.17) is 11.6 Å². The topological polar surface area (TPSA) is 28.2 Å². The zero-order valence-electron chi connectivity index (χ0n) is 9.41. The molecular weight excluding hydrogens is 222 g/mol. The first-order chi connectivity index (χ1) is 7.74. The lowest BCUT2D eigenvalue weighted by Crippen LogP contribution is -2.25. The van der Waals surface area contributed by atoms with Crippen LogP contribution in [0.15, 0.2) is 12.3 Å². The van der Waals surface area contributed by atoms with Crippen LogP contribution >= 0.6 is 11.6 Å². The van der Waals surface area contributed by atoms with E-state index in [1.165, 1.54) is 18.8 Å². The van der Waals surface area contributed by atoms with Gasteiger partial charge in [0.25, 0.3) is 0 Å². The minimum atomic E-state index is 0.616. The van der Waals surface area contributed by atoms with E-state index < -0.39 is 0 Å². The lowest BCUT2D eigenvalue weighted by Gasteiger charge is -2.19. The van der Waals surface area contributed by atoms with Gasteiger partial charge in [-0.1, -0.05) is 11.6 Å². The summed E-state index contributed by atoms with van der Waals surface area (Å²) < 4.78 is 0. The van der Waals surface area contributed by atoms with Gasteiger partial charge in [0.05, 0.1) is 11.9 Å². The Morgan fingerprint density at radius 1 is 1.38 bits per heavy atom. The highest BCUT2D eigenvalue weighted by Gasteiger charge is 2.36. The molecule has 1 aromatic rings. The molecule has 0 amide bonds. The van der Waals surface area contributed by atoms with Crippen LogP contribution < -0.4 is 10.2 Å². The van der Waals surface area contributed by atoms with Gasteiger partial charge < -0.3 is 10.2 Å². The molecule has 0 aliphatic carbocycles. The Kier molecular flexibility index (Phi) is 2.52. The van der Waals surface area contributed by atoms with E-state index in [2.05, 4.69) is 21.3 Å². The second-order valence-electron chi connectivity index (χ2n) is 4.88. The number of aryl methyl sites for hydroxylation is 1. The molecule has 0 radical (unpaired) electrons. The number of halogens is 1. The Labute approximate surface area is 101 Å². The van der Waals surface area contributed by atoms with Gasteiger partial charge in [0.15, 0.2) is 0 Å². The van der Waals surface area contributed by atoms with Gasteiger partial charge >= 0.3 is 0 Å². The number of nitrogens with one attached hydrogen (secondary N) is 1. The van der Waals surface area contributed by atoms with Crippen LogP contribution in [0.4, 0.5) is 5.69 Å². The summed E-state index contributed by atoms with van der Waals surface area (Å²) in [5, 5.41) is 4.07. The van der Waals surface area contributed by atoms with Gasteiger partial charge in [-0.2, -0.15) is 0 Å². The number of rotatable bonds is 1. The van der Waals surface area contributed by atoms with Crippen LogP contribution in [0.25, 0.3) is 0 Å². The van der Waals surface area contributed by atoms with Crippen molar-refractivity contribution in [2.45, 2.75) is 6.92 Å². The molecule has 2 aliphatic rings. The van der Waals surface area contributed by atoms with E-state index in [0.717, 1.165) is 30.5 Å². The van der Waals surface area contributed by atoms with Crippen molar-refractivity contribution in [2.24, 2.45) is 11.8 Å². The Hall–Kier alpha value is -0.800. The number of hydrogen-bond acceptors (Lipinski definition) is 3. The van der Waals surface area contributed by atoms with Crippen LogP contribution in [0.2, 0.25) is 5.15 Å². The summed E-state index contributed by atoms with van der Waals surface area (Å²) in [6.45, 7) is 6.65. The van der Waals surface area contributed by atoms with E-state index in [-0.39, 0.29) is 0 Å². The van der Waals surface area contributed by atoms with Gasteiger partial charge in [0.2, 0.25) is 0 Å². The molecule has 1 N–H and O–H groups in total. The van der Waals surface area contributed by atoms with Gasteiger partial charge in [-0.3, -0.25) is 0 Å². The Morgan fingerprint density at radius 2 is 2.06 bits per heavy atom. The van der Waals surface area contributed by atoms with Gasteiger partial charge in [0.1, 0.15) is 5.15 Å². The molecule has 0 bridgehead atoms. The number of nitrogens with zero attached hydrogens (tertiary/aromatic N) is 2. The monoisotopic (exact) mass is 237 g/mol. The molecule has 2 fully saturated rings. The predicted molar refractivity (Wildman–Crippen MR) is 66.0 cm³/mol. The van der Waals surface area contributed by atoms with Crippen LogP contribution in [0.1, 0.15) is 5.56 Å². The van der Waals surface area contributed by atoms with Crippen molar-refractivity contribution < 1.29 is 0 Å². The maximum atomic E-state index is 5.94. The number of pyridine rings is 1. The Morgan fingerprint density at radius 3 is 2.69 bits per heavy atom. The smallest absolute Gasteiger partial charge is 0.132 e. The SMILES string of the molecule is Cc1cc(N2CC3CNCC3C2)cnc1Cl. The second-order valence-corrected chi connectivity index (χ2v) is 5.24. The molecule has 0 aromatic carbocycles. The third-order valence-electron chi connectivity index (χ3n) is 3.75. The normalized spacial score (nSPS) is 28.5. The largest absolute Gasteiger partial charge is 0.370 e. The first-order valence-electron chi connectivity index (χ1n) is 5.82. The second kappa shape index (κ2) is 3.90. The van der Waals surface area contributed by atoms with Crippen molar-refractivity contribution in [1.82, 2.24) is 10.3 Å². The summed E-state index contributed by atoms with van der Waals surface area (Å²) in [7, 11) is 0. The molecule has 0 saturated carbocycles. The van der Waals surface area contributed by atoms with Gasteiger partial charge in [-0.05, 0) is 30.4 Å². The van der Waals surface area contributed by atoms with Crippen molar-refractivity contribution in [3.63, 3.8) is 0 Å². The fourth-order valence-corrected chi connectivity index (χ4v) is 2.89. The molecule has 0 spiro atoms. The van der Waals surface area contributed by atoms with Crippen LogP contribution in [-0.4, -0.2) is 31.2 Å². The first-order valence-corrected chi connectivity index (χ1v) is 6.19. The van der Waals surface area contributed by atoms with E-state index in [0.29, 0.717) is 5.15 Å². The number of aromatic nitrogens is 1. The molecule has 16 heavy (non-hydrogen) atoms. The van der Waals surface area contributed by atoms with E-state index in [1.54, 1.807) is 0 Å². The standard InChI is InChI=1S/C12H16ClN3/c1-8-2-11(5-15-12(8)13)16-6-9-3-14-4-10(9)7-16/h2,5,9-10,14H,3-4,6-7H2,1H3. The molecule has 2 saturated heterocycles. The lowest BCUT2D eigenvalue weighted by molar-refractivity contribution is 0.533. The van der Waals surface area contributed by atoms with Crippen molar-refractivity contribution in [1.29, 1.82) is 0 Å². The maximum Gasteiger partial charge on any atom is 0.132 e. The van der Waals surface area contributed by atoms with Gasteiger partial charge in [-0.25, -0.2) is 4.98 Å². The predicted octanol–water partition coefficient (Wildman–Crippen LogP) is 1.70. The zero-order chi connectivity index (χ0) is 11.1. The highest BCUT2D eigenvalue weighted by atomic mass is 35.5. The fraction of sp³-hybridized carbons (Fsp3) is 0.583. The maximum absolute atomic E-state index is 5.94. The van der Waals surface area contributed by atoms with E-state index >= 15 is 0 Å². The summed E-state index contributed by atoms with van der Waals surface area (Å²) in [5.41, 5.74) is 2.28. The third kappa shape index (κ3) is 1.68. The highest BCUT2D eigenvalue weighted by molar-refractivity contribution is 6.30. The quantitative estimate of drug-likeness (QED) is 0.754. The van der Waals surface area contributed by atoms with E-state index in [9.17, 15) is 0 Å². The highest BCUT2D eigenvalue weighted by Crippen LogP contribution is 2.31. The van der Waals surface area contributed by atoms with Crippen molar-refractivity contribution in [3.05, 3.63) is 23.0 Å².